The molecule has 3 heterocycles. The van der Waals surface area contributed by atoms with E-state index >= 15 is 0 Å². The van der Waals surface area contributed by atoms with Gasteiger partial charge >= 0.3 is 0 Å². The average molecular weight is 302 g/mol. The number of anilines is 1. The molecular formula is C17H22N2OS. The van der Waals surface area contributed by atoms with Gasteiger partial charge in [-0.2, -0.15) is 0 Å². The number of hydrogen-bond acceptors (Lipinski definition) is 4. The number of nitrogens with zero attached hydrogens (tertiary/aromatic N) is 2. The van der Waals surface area contributed by atoms with Gasteiger partial charge in [0.15, 0.2) is 5.13 Å². The van der Waals surface area contributed by atoms with Gasteiger partial charge in [0.1, 0.15) is 0 Å². The molecule has 1 aromatic carbocycles. The third kappa shape index (κ3) is 2.34. The Hall–Kier alpha value is -1.13. The number of ether oxygens (including phenoxy) is 1. The number of aromatic nitrogens is 1. The normalized spacial score (nSPS) is 25.8. The second kappa shape index (κ2) is 4.68. The molecule has 2 bridgehead atoms. The van der Waals surface area contributed by atoms with Crippen molar-refractivity contribution in [3.63, 3.8) is 0 Å². The van der Waals surface area contributed by atoms with E-state index in [1.165, 1.54) is 33.8 Å². The van der Waals surface area contributed by atoms with Gasteiger partial charge < -0.3 is 9.64 Å². The van der Waals surface area contributed by atoms with Crippen LogP contribution >= 0.6 is 11.3 Å². The number of thiazole rings is 1. The van der Waals surface area contributed by atoms with E-state index in [0.717, 1.165) is 13.1 Å². The van der Waals surface area contributed by atoms with Crippen LogP contribution in [0.15, 0.2) is 18.2 Å². The van der Waals surface area contributed by atoms with Crippen molar-refractivity contribution in [2.45, 2.75) is 51.2 Å². The highest BCUT2D eigenvalue weighted by molar-refractivity contribution is 7.22. The molecule has 0 saturated carbocycles. The van der Waals surface area contributed by atoms with Gasteiger partial charge in [-0.1, -0.05) is 44.2 Å². The van der Waals surface area contributed by atoms with Crippen LogP contribution in [0.1, 0.15) is 39.2 Å². The molecule has 2 aliphatic rings. The fraction of sp³-hybridized carbons (Fsp3) is 0.588. The van der Waals surface area contributed by atoms with Gasteiger partial charge in [-0.15, -0.1) is 0 Å². The van der Waals surface area contributed by atoms with Crippen molar-refractivity contribution in [2.75, 3.05) is 18.0 Å². The maximum Gasteiger partial charge on any atom is 0.186 e. The van der Waals surface area contributed by atoms with Crippen LogP contribution in [0.4, 0.5) is 5.13 Å². The summed E-state index contributed by atoms with van der Waals surface area (Å²) in [5, 5.41) is 1.17. The molecule has 2 fully saturated rings. The van der Waals surface area contributed by atoms with E-state index in [9.17, 15) is 0 Å². The SMILES string of the molecule is CC(C)(C)c1cccc2sc(N3C[C@H]4CC[C@@H](C3)O4)nc12. The summed E-state index contributed by atoms with van der Waals surface area (Å²) in [6.07, 6.45) is 3.24. The molecule has 0 aliphatic carbocycles. The molecule has 112 valence electrons. The standard InChI is InChI=1S/C17H22N2OS/c1-17(2,3)13-5-4-6-14-15(13)18-16(21-14)19-9-11-7-8-12(10-19)20-11/h4-6,11-12H,7-10H2,1-3H3/t11-,12+. The average Bonchev–Trinajstić information content (AvgIpc) is 3.00. The molecule has 4 heteroatoms. The van der Waals surface area contributed by atoms with Crippen LogP contribution in [0, 0.1) is 0 Å². The number of para-hydroxylation sites is 1. The predicted molar refractivity (Wildman–Crippen MR) is 88.4 cm³/mol. The first-order valence-electron chi connectivity index (χ1n) is 7.81. The molecule has 0 N–H and O–H groups in total. The van der Waals surface area contributed by atoms with Crippen LogP contribution in [0.25, 0.3) is 10.2 Å². The Labute approximate surface area is 129 Å². The first-order valence-corrected chi connectivity index (χ1v) is 8.63. The van der Waals surface area contributed by atoms with Crippen molar-refractivity contribution in [1.82, 2.24) is 4.98 Å². The van der Waals surface area contributed by atoms with E-state index in [1.807, 2.05) is 11.3 Å². The van der Waals surface area contributed by atoms with Gasteiger partial charge in [0, 0.05) is 13.1 Å². The topological polar surface area (TPSA) is 25.4 Å². The van der Waals surface area contributed by atoms with E-state index in [4.69, 9.17) is 9.72 Å². The number of hydrogen-bond donors (Lipinski definition) is 0. The first-order chi connectivity index (χ1) is 10.0. The van der Waals surface area contributed by atoms with E-state index in [1.54, 1.807) is 0 Å². The summed E-state index contributed by atoms with van der Waals surface area (Å²) in [7, 11) is 0. The minimum absolute atomic E-state index is 0.134. The van der Waals surface area contributed by atoms with Crippen LogP contribution in [0.2, 0.25) is 0 Å². The summed E-state index contributed by atoms with van der Waals surface area (Å²) in [4.78, 5) is 7.42. The van der Waals surface area contributed by atoms with Gasteiger partial charge in [-0.05, 0) is 29.9 Å². The predicted octanol–water partition coefficient (Wildman–Crippen LogP) is 3.96. The number of fused-ring (bicyclic) bond motifs is 3. The molecule has 2 aliphatic heterocycles. The molecule has 0 amide bonds. The summed E-state index contributed by atoms with van der Waals surface area (Å²) in [6, 6.07) is 6.57. The quantitative estimate of drug-likeness (QED) is 0.797. The van der Waals surface area contributed by atoms with E-state index in [2.05, 4.69) is 43.9 Å². The molecule has 2 atom stereocenters. The second-order valence-electron chi connectivity index (χ2n) is 7.26. The Morgan fingerprint density at radius 2 is 1.90 bits per heavy atom. The first kappa shape index (κ1) is 13.5. The van der Waals surface area contributed by atoms with Crippen LogP contribution in [0.3, 0.4) is 0 Å². The van der Waals surface area contributed by atoms with Gasteiger partial charge in [0.2, 0.25) is 0 Å². The van der Waals surface area contributed by atoms with Crippen LogP contribution in [0.5, 0.6) is 0 Å². The molecular weight excluding hydrogens is 280 g/mol. The van der Waals surface area contributed by atoms with Crippen LogP contribution in [-0.4, -0.2) is 30.3 Å². The zero-order valence-electron chi connectivity index (χ0n) is 12.9. The number of benzene rings is 1. The zero-order chi connectivity index (χ0) is 14.6. The Morgan fingerprint density at radius 3 is 2.57 bits per heavy atom. The van der Waals surface area contributed by atoms with E-state index in [0.29, 0.717) is 12.2 Å². The largest absolute Gasteiger partial charge is 0.371 e. The van der Waals surface area contributed by atoms with Gasteiger partial charge in [-0.25, -0.2) is 4.98 Å². The van der Waals surface area contributed by atoms with E-state index < -0.39 is 0 Å². The fourth-order valence-corrected chi connectivity index (χ4v) is 4.46. The van der Waals surface area contributed by atoms with Crippen molar-refractivity contribution in [3.05, 3.63) is 23.8 Å². The highest BCUT2D eigenvalue weighted by atomic mass is 32.1. The highest BCUT2D eigenvalue weighted by Gasteiger charge is 2.35. The molecule has 0 radical (unpaired) electrons. The minimum Gasteiger partial charge on any atom is -0.371 e. The van der Waals surface area contributed by atoms with Gasteiger partial charge in [0.25, 0.3) is 0 Å². The summed E-state index contributed by atoms with van der Waals surface area (Å²) in [5.74, 6) is 0. The highest BCUT2D eigenvalue weighted by Crippen LogP contribution is 2.37. The molecule has 2 saturated heterocycles. The Kier molecular flexibility index (Phi) is 3.02. The van der Waals surface area contributed by atoms with Crippen molar-refractivity contribution in [1.29, 1.82) is 0 Å². The fourth-order valence-electron chi connectivity index (χ4n) is 3.45. The maximum atomic E-state index is 5.94. The lowest BCUT2D eigenvalue weighted by Crippen LogP contribution is -2.42. The van der Waals surface area contributed by atoms with Crippen molar-refractivity contribution < 1.29 is 4.74 Å². The van der Waals surface area contributed by atoms with Crippen molar-refractivity contribution in [2.24, 2.45) is 0 Å². The summed E-state index contributed by atoms with van der Waals surface area (Å²) in [5.41, 5.74) is 2.66. The molecule has 3 nitrogen and oxygen atoms in total. The third-order valence-corrected chi connectivity index (χ3v) is 5.61. The molecule has 0 unspecified atom stereocenters. The second-order valence-corrected chi connectivity index (χ2v) is 8.27. The lowest BCUT2D eigenvalue weighted by molar-refractivity contribution is 0.0305. The van der Waals surface area contributed by atoms with Crippen molar-refractivity contribution in [3.8, 4) is 0 Å². The van der Waals surface area contributed by atoms with Gasteiger partial charge in [0.05, 0.1) is 22.4 Å². The lowest BCUT2D eigenvalue weighted by atomic mass is 9.86. The summed E-state index contributed by atoms with van der Waals surface area (Å²) < 4.78 is 7.24. The maximum absolute atomic E-state index is 5.94. The minimum atomic E-state index is 0.134. The van der Waals surface area contributed by atoms with Gasteiger partial charge in [-0.3, -0.25) is 0 Å². The smallest absolute Gasteiger partial charge is 0.186 e. The molecule has 21 heavy (non-hydrogen) atoms. The monoisotopic (exact) mass is 302 g/mol. The number of rotatable bonds is 1. The van der Waals surface area contributed by atoms with Crippen LogP contribution < -0.4 is 4.90 Å². The number of morpholine rings is 1. The van der Waals surface area contributed by atoms with Crippen LogP contribution in [-0.2, 0) is 10.2 Å². The van der Waals surface area contributed by atoms with Crippen molar-refractivity contribution >= 4 is 26.7 Å². The summed E-state index contributed by atoms with van der Waals surface area (Å²) in [6.45, 7) is 8.78. The van der Waals surface area contributed by atoms with E-state index in [-0.39, 0.29) is 5.41 Å². The third-order valence-electron chi connectivity index (χ3n) is 4.53. The molecule has 0 spiro atoms. The molecule has 4 rings (SSSR count). The Balaban J connectivity index is 1.74. The molecule has 1 aromatic heterocycles. The Morgan fingerprint density at radius 1 is 1.19 bits per heavy atom. The zero-order valence-corrected chi connectivity index (χ0v) is 13.7. The summed E-state index contributed by atoms with van der Waals surface area (Å²) >= 11 is 1.83. The Bertz CT molecular complexity index is 661. The molecule has 2 aromatic rings. The lowest BCUT2D eigenvalue weighted by Gasteiger charge is -2.31.